The normalized spacial score (nSPS) is 11.5. The lowest BCUT2D eigenvalue weighted by molar-refractivity contribution is 0.316. The van der Waals surface area contributed by atoms with Crippen molar-refractivity contribution in [3.05, 3.63) is 30.1 Å². The fraction of sp³-hybridized carbons (Fsp3) is 0.364. The monoisotopic (exact) mass is 225 g/mol. The lowest BCUT2D eigenvalue weighted by Crippen LogP contribution is -2.21. The summed E-state index contributed by atoms with van der Waals surface area (Å²) in [6, 6.07) is 6.29. The van der Waals surface area contributed by atoms with E-state index in [0.29, 0.717) is 6.42 Å². The molecule has 1 rings (SSSR count). The van der Waals surface area contributed by atoms with E-state index < -0.39 is 0 Å². The lowest BCUT2D eigenvalue weighted by Gasteiger charge is -2.18. The number of hydrogen-bond donors (Lipinski definition) is 2. The van der Waals surface area contributed by atoms with Crippen LogP contribution < -0.4 is 10.6 Å². The van der Waals surface area contributed by atoms with Crippen LogP contribution in [0.15, 0.2) is 29.4 Å². The van der Waals surface area contributed by atoms with Gasteiger partial charge in [0.2, 0.25) is 0 Å². The smallest absolute Gasteiger partial charge is 0.139 e. The van der Waals surface area contributed by atoms with Gasteiger partial charge in [0.05, 0.1) is 0 Å². The standard InChI is InChI=1S/C11H16FN3O/c1-15(8-2-3-11(13)14-16)10-6-4-9(12)5-7-10/h4-7,16H,2-3,8H2,1H3,(H2,13,14). The third kappa shape index (κ3) is 3.76. The maximum Gasteiger partial charge on any atom is 0.139 e. The van der Waals surface area contributed by atoms with Gasteiger partial charge in [-0.25, -0.2) is 4.39 Å². The van der Waals surface area contributed by atoms with Crippen LogP contribution in [0.25, 0.3) is 0 Å². The number of halogens is 1. The Hall–Kier alpha value is -1.78. The van der Waals surface area contributed by atoms with E-state index in [0.717, 1.165) is 18.7 Å². The molecule has 0 fully saturated rings. The Bertz CT molecular complexity index is 351. The van der Waals surface area contributed by atoms with E-state index in [1.807, 2.05) is 11.9 Å². The second-order valence-electron chi connectivity index (χ2n) is 3.59. The van der Waals surface area contributed by atoms with Crippen LogP contribution in [0.2, 0.25) is 0 Å². The summed E-state index contributed by atoms with van der Waals surface area (Å²) in [5.41, 5.74) is 6.29. The lowest BCUT2D eigenvalue weighted by atomic mass is 10.2. The summed E-state index contributed by atoms with van der Waals surface area (Å²) in [6.45, 7) is 0.766. The van der Waals surface area contributed by atoms with E-state index in [9.17, 15) is 4.39 Å². The van der Waals surface area contributed by atoms with Crippen molar-refractivity contribution >= 4 is 11.5 Å². The van der Waals surface area contributed by atoms with Crippen LogP contribution in [0.4, 0.5) is 10.1 Å². The number of hydrogen-bond acceptors (Lipinski definition) is 3. The Morgan fingerprint density at radius 2 is 2.06 bits per heavy atom. The second-order valence-corrected chi connectivity index (χ2v) is 3.59. The molecule has 4 nitrogen and oxygen atoms in total. The number of nitrogens with two attached hydrogens (primary N) is 1. The fourth-order valence-electron chi connectivity index (χ4n) is 1.37. The van der Waals surface area contributed by atoms with Crippen LogP contribution in [-0.4, -0.2) is 24.6 Å². The van der Waals surface area contributed by atoms with Crippen molar-refractivity contribution in [2.45, 2.75) is 12.8 Å². The molecule has 0 aromatic heterocycles. The van der Waals surface area contributed by atoms with E-state index in [2.05, 4.69) is 5.16 Å². The third-order valence-corrected chi connectivity index (χ3v) is 2.32. The zero-order valence-corrected chi connectivity index (χ0v) is 9.23. The Balaban J connectivity index is 2.40. The highest BCUT2D eigenvalue weighted by molar-refractivity contribution is 5.79. The molecule has 1 aromatic carbocycles. The molecule has 0 saturated heterocycles. The molecule has 0 aliphatic carbocycles. The van der Waals surface area contributed by atoms with E-state index in [-0.39, 0.29) is 11.7 Å². The summed E-state index contributed by atoms with van der Waals surface area (Å²) in [7, 11) is 1.92. The predicted molar refractivity (Wildman–Crippen MR) is 62.3 cm³/mol. The van der Waals surface area contributed by atoms with Crippen LogP contribution in [0.1, 0.15) is 12.8 Å². The molecule has 0 amide bonds. The van der Waals surface area contributed by atoms with Gasteiger partial charge in [-0.3, -0.25) is 0 Å². The van der Waals surface area contributed by atoms with Crippen molar-refractivity contribution in [1.29, 1.82) is 0 Å². The molecule has 0 aliphatic heterocycles. The highest BCUT2D eigenvalue weighted by Gasteiger charge is 2.01. The molecule has 5 heteroatoms. The predicted octanol–water partition coefficient (Wildman–Crippen LogP) is 1.79. The largest absolute Gasteiger partial charge is 0.409 e. The molecule has 0 bridgehead atoms. The molecule has 0 radical (unpaired) electrons. The number of oxime groups is 1. The minimum atomic E-state index is -0.242. The summed E-state index contributed by atoms with van der Waals surface area (Å²) < 4.78 is 12.7. The fourth-order valence-corrected chi connectivity index (χ4v) is 1.37. The maximum absolute atomic E-state index is 12.7. The number of amidine groups is 1. The number of benzene rings is 1. The molecule has 3 N–H and O–H groups in total. The summed E-state index contributed by atoms with van der Waals surface area (Å²) in [6.07, 6.45) is 1.33. The maximum atomic E-state index is 12.7. The van der Waals surface area contributed by atoms with E-state index >= 15 is 0 Å². The van der Waals surface area contributed by atoms with Crippen LogP contribution in [-0.2, 0) is 0 Å². The minimum absolute atomic E-state index is 0.229. The van der Waals surface area contributed by atoms with Crippen LogP contribution in [0, 0.1) is 5.82 Å². The van der Waals surface area contributed by atoms with E-state index in [1.165, 1.54) is 12.1 Å². The highest BCUT2D eigenvalue weighted by Crippen LogP contribution is 2.13. The molecule has 88 valence electrons. The minimum Gasteiger partial charge on any atom is -0.409 e. The van der Waals surface area contributed by atoms with Gasteiger partial charge in [-0.1, -0.05) is 5.16 Å². The number of anilines is 1. The summed E-state index contributed by atoms with van der Waals surface area (Å²) in [5.74, 6) is -0.0127. The van der Waals surface area contributed by atoms with Gasteiger partial charge in [-0.15, -0.1) is 0 Å². The Morgan fingerprint density at radius 3 is 2.62 bits per heavy atom. The highest BCUT2D eigenvalue weighted by atomic mass is 19.1. The average molecular weight is 225 g/mol. The second kappa shape index (κ2) is 5.95. The van der Waals surface area contributed by atoms with Crippen molar-refractivity contribution in [1.82, 2.24) is 0 Å². The molecule has 0 saturated carbocycles. The quantitative estimate of drug-likeness (QED) is 0.347. The van der Waals surface area contributed by atoms with Gasteiger partial charge in [0, 0.05) is 25.7 Å². The first kappa shape index (κ1) is 12.3. The Labute approximate surface area is 94.2 Å². The average Bonchev–Trinajstić information content (AvgIpc) is 2.29. The van der Waals surface area contributed by atoms with Gasteiger partial charge in [0.25, 0.3) is 0 Å². The molecular weight excluding hydrogens is 209 g/mol. The van der Waals surface area contributed by atoms with Gasteiger partial charge >= 0.3 is 0 Å². The SMILES string of the molecule is CN(CCCC(N)=NO)c1ccc(F)cc1. The van der Waals surface area contributed by atoms with Gasteiger partial charge in [0.15, 0.2) is 0 Å². The van der Waals surface area contributed by atoms with E-state index in [1.54, 1.807) is 12.1 Å². The van der Waals surface area contributed by atoms with Gasteiger partial charge in [-0.05, 0) is 30.7 Å². The molecular formula is C11H16FN3O. The third-order valence-electron chi connectivity index (χ3n) is 2.32. The van der Waals surface area contributed by atoms with Crippen LogP contribution in [0.3, 0.4) is 0 Å². The molecule has 16 heavy (non-hydrogen) atoms. The Morgan fingerprint density at radius 1 is 1.44 bits per heavy atom. The van der Waals surface area contributed by atoms with Crippen LogP contribution >= 0.6 is 0 Å². The van der Waals surface area contributed by atoms with Gasteiger partial charge in [0.1, 0.15) is 11.7 Å². The molecule has 0 heterocycles. The van der Waals surface area contributed by atoms with Gasteiger partial charge < -0.3 is 15.8 Å². The molecule has 0 unspecified atom stereocenters. The summed E-state index contributed by atoms with van der Waals surface area (Å²) in [5, 5.41) is 11.3. The molecule has 0 aliphatic rings. The summed E-state index contributed by atoms with van der Waals surface area (Å²) in [4.78, 5) is 1.99. The van der Waals surface area contributed by atoms with Crippen molar-refractivity contribution in [3.8, 4) is 0 Å². The molecule has 0 spiro atoms. The van der Waals surface area contributed by atoms with Crippen molar-refractivity contribution in [3.63, 3.8) is 0 Å². The zero-order valence-electron chi connectivity index (χ0n) is 9.23. The Kier molecular flexibility index (Phi) is 4.57. The topological polar surface area (TPSA) is 61.8 Å². The van der Waals surface area contributed by atoms with Crippen LogP contribution in [0.5, 0.6) is 0 Å². The van der Waals surface area contributed by atoms with Crippen molar-refractivity contribution in [2.24, 2.45) is 10.9 Å². The number of nitrogens with zero attached hydrogens (tertiary/aromatic N) is 2. The molecule has 1 aromatic rings. The van der Waals surface area contributed by atoms with Crippen molar-refractivity contribution in [2.75, 3.05) is 18.5 Å². The van der Waals surface area contributed by atoms with Crippen molar-refractivity contribution < 1.29 is 9.60 Å². The van der Waals surface area contributed by atoms with Gasteiger partial charge in [-0.2, -0.15) is 0 Å². The van der Waals surface area contributed by atoms with E-state index in [4.69, 9.17) is 10.9 Å². The first-order chi connectivity index (χ1) is 7.63. The zero-order chi connectivity index (χ0) is 12.0. The summed E-state index contributed by atoms with van der Waals surface area (Å²) >= 11 is 0. The molecule has 0 atom stereocenters. The number of rotatable bonds is 5. The first-order valence-corrected chi connectivity index (χ1v) is 5.06. The first-order valence-electron chi connectivity index (χ1n) is 5.06.